The summed E-state index contributed by atoms with van der Waals surface area (Å²) in [5.74, 6) is -1.28. The fraction of sp³-hybridized carbons (Fsp3) is 0.267. The van der Waals surface area contributed by atoms with Crippen LogP contribution >= 0.6 is 0 Å². The molecule has 0 radical (unpaired) electrons. The van der Waals surface area contributed by atoms with E-state index in [0.717, 1.165) is 12.1 Å². The van der Waals surface area contributed by atoms with Crippen LogP contribution in [0.4, 0.5) is 8.78 Å². The minimum atomic E-state index is -1.27. The Morgan fingerprint density at radius 2 is 1.95 bits per heavy atom. The van der Waals surface area contributed by atoms with Gasteiger partial charge in [-0.1, -0.05) is 0 Å². The first-order chi connectivity index (χ1) is 10.5. The van der Waals surface area contributed by atoms with E-state index in [1.807, 2.05) is 0 Å². The van der Waals surface area contributed by atoms with E-state index in [0.29, 0.717) is 5.57 Å². The van der Waals surface area contributed by atoms with Gasteiger partial charge in [0.05, 0.1) is 17.9 Å². The lowest BCUT2D eigenvalue weighted by Crippen LogP contribution is -2.39. The average Bonchev–Trinajstić information content (AvgIpc) is 2.93. The van der Waals surface area contributed by atoms with E-state index in [1.165, 1.54) is 18.3 Å². The lowest BCUT2D eigenvalue weighted by atomic mass is 9.92. The minimum absolute atomic E-state index is 0.0457. The maximum atomic E-state index is 13.7. The molecule has 116 valence electrons. The van der Waals surface area contributed by atoms with Gasteiger partial charge in [-0.05, 0) is 18.2 Å². The van der Waals surface area contributed by atoms with Gasteiger partial charge in [-0.15, -0.1) is 0 Å². The van der Waals surface area contributed by atoms with Crippen molar-refractivity contribution in [2.45, 2.75) is 24.7 Å². The van der Waals surface area contributed by atoms with Gasteiger partial charge >= 0.3 is 0 Å². The monoisotopic (exact) mass is 309 g/mol. The molecule has 3 N–H and O–H groups in total. The van der Waals surface area contributed by atoms with E-state index in [-0.39, 0.29) is 23.6 Å². The third-order valence-electron chi connectivity index (χ3n) is 3.52. The number of aliphatic hydroxyl groups excluding tert-OH is 3. The van der Waals surface area contributed by atoms with Gasteiger partial charge in [0.25, 0.3) is 0 Å². The molecule has 22 heavy (non-hydrogen) atoms. The van der Waals surface area contributed by atoms with E-state index in [1.54, 1.807) is 0 Å². The molecule has 1 aromatic carbocycles. The molecule has 0 bridgehead atoms. The summed E-state index contributed by atoms with van der Waals surface area (Å²) in [7, 11) is 0. The predicted molar refractivity (Wildman–Crippen MR) is 72.5 cm³/mol. The van der Waals surface area contributed by atoms with Gasteiger partial charge in [-0.3, -0.25) is 0 Å². The van der Waals surface area contributed by atoms with Gasteiger partial charge in [0.2, 0.25) is 5.89 Å². The Balaban J connectivity index is 1.93. The van der Waals surface area contributed by atoms with Gasteiger partial charge in [-0.2, -0.15) is 0 Å². The van der Waals surface area contributed by atoms with Crippen LogP contribution in [0, 0.1) is 11.6 Å². The van der Waals surface area contributed by atoms with E-state index < -0.39 is 29.9 Å². The van der Waals surface area contributed by atoms with E-state index in [2.05, 4.69) is 4.98 Å². The molecule has 0 amide bonds. The highest BCUT2D eigenvalue weighted by Gasteiger charge is 2.31. The Bertz CT molecular complexity index is 728. The summed E-state index contributed by atoms with van der Waals surface area (Å²) in [6.07, 6.45) is -1.01. The van der Waals surface area contributed by atoms with Crippen molar-refractivity contribution >= 4 is 5.57 Å². The van der Waals surface area contributed by atoms with Crippen molar-refractivity contribution in [2.75, 3.05) is 0 Å². The van der Waals surface area contributed by atoms with Crippen molar-refractivity contribution in [2.24, 2.45) is 0 Å². The number of oxazole rings is 1. The summed E-state index contributed by atoms with van der Waals surface area (Å²) < 4.78 is 32.0. The van der Waals surface area contributed by atoms with Gasteiger partial charge in [0.1, 0.15) is 23.8 Å². The summed E-state index contributed by atoms with van der Waals surface area (Å²) in [6.45, 7) is 0. The Kier molecular flexibility index (Phi) is 3.78. The molecule has 0 saturated heterocycles. The summed E-state index contributed by atoms with van der Waals surface area (Å²) in [5.41, 5.74) is 0.455. The quantitative estimate of drug-likeness (QED) is 0.782. The van der Waals surface area contributed by atoms with Crippen molar-refractivity contribution in [1.82, 2.24) is 4.98 Å². The second kappa shape index (κ2) is 5.60. The summed E-state index contributed by atoms with van der Waals surface area (Å²) >= 11 is 0. The van der Waals surface area contributed by atoms with Crippen molar-refractivity contribution in [3.8, 4) is 11.3 Å². The fourth-order valence-corrected chi connectivity index (χ4v) is 2.34. The van der Waals surface area contributed by atoms with Crippen molar-refractivity contribution in [3.63, 3.8) is 0 Å². The van der Waals surface area contributed by atoms with Crippen LogP contribution in [0.1, 0.15) is 12.3 Å². The number of aromatic nitrogens is 1. The molecule has 1 heterocycles. The van der Waals surface area contributed by atoms with Gasteiger partial charge < -0.3 is 19.7 Å². The number of nitrogens with zero attached hydrogens (tertiary/aromatic N) is 1. The zero-order valence-corrected chi connectivity index (χ0v) is 11.3. The van der Waals surface area contributed by atoms with Crippen molar-refractivity contribution < 1.29 is 28.5 Å². The highest BCUT2D eigenvalue weighted by atomic mass is 19.1. The maximum absolute atomic E-state index is 13.7. The molecular formula is C15H13F2NO4. The number of hydrogen-bond donors (Lipinski definition) is 3. The molecular weight excluding hydrogens is 296 g/mol. The molecule has 3 rings (SSSR count). The third kappa shape index (κ3) is 2.66. The zero-order chi connectivity index (χ0) is 15.9. The normalized spacial score (nSPS) is 25.1. The van der Waals surface area contributed by atoms with Crippen LogP contribution in [0.3, 0.4) is 0 Å². The third-order valence-corrected chi connectivity index (χ3v) is 3.52. The summed E-state index contributed by atoms with van der Waals surface area (Å²) in [5, 5.41) is 28.8. The Morgan fingerprint density at radius 3 is 2.64 bits per heavy atom. The van der Waals surface area contributed by atoms with Crippen LogP contribution in [-0.4, -0.2) is 38.6 Å². The Hall–Kier alpha value is -2.09. The second-order valence-electron chi connectivity index (χ2n) is 5.10. The van der Waals surface area contributed by atoms with Crippen LogP contribution in [0.15, 0.2) is 34.9 Å². The lowest BCUT2D eigenvalue weighted by Gasteiger charge is -2.26. The van der Waals surface area contributed by atoms with Crippen molar-refractivity contribution in [1.29, 1.82) is 0 Å². The topological polar surface area (TPSA) is 86.7 Å². The number of rotatable bonds is 2. The fourth-order valence-electron chi connectivity index (χ4n) is 2.34. The molecule has 0 fully saturated rings. The van der Waals surface area contributed by atoms with E-state index in [9.17, 15) is 24.1 Å². The molecule has 1 aliphatic carbocycles. The number of halogens is 2. The molecule has 0 aliphatic heterocycles. The minimum Gasteiger partial charge on any atom is -0.436 e. The first kappa shape index (κ1) is 14.8. The average molecular weight is 309 g/mol. The zero-order valence-electron chi connectivity index (χ0n) is 11.3. The highest BCUT2D eigenvalue weighted by molar-refractivity contribution is 5.64. The van der Waals surface area contributed by atoms with Crippen LogP contribution in [0.2, 0.25) is 0 Å². The highest BCUT2D eigenvalue weighted by Crippen LogP contribution is 2.31. The molecule has 0 saturated carbocycles. The molecule has 1 aliphatic rings. The molecule has 7 heteroatoms. The van der Waals surface area contributed by atoms with Crippen LogP contribution in [0.5, 0.6) is 0 Å². The maximum Gasteiger partial charge on any atom is 0.222 e. The molecule has 2 aromatic rings. The van der Waals surface area contributed by atoms with Crippen molar-refractivity contribution in [3.05, 3.63) is 48.0 Å². The number of hydrogen-bond acceptors (Lipinski definition) is 5. The standard InChI is InChI=1S/C15H13F2NO4/c16-8-1-2-9(10(17)5-8)13-6-18-15(22-13)7-3-11(19)14(21)12(20)4-7/h1-3,5-6,11-12,14,19-21H,4H2/t11-,12-,14-/m1/s1. The van der Waals surface area contributed by atoms with Crippen LogP contribution in [0.25, 0.3) is 16.9 Å². The molecule has 0 spiro atoms. The van der Waals surface area contributed by atoms with Crippen LogP contribution < -0.4 is 0 Å². The molecule has 0 unspecified atom stereocenters. The lowest BCUT2D eigenvalue weighted by molar-refractivity contribution is -0.0437. The number of benzene rings is 1. The summed E-state index contributed by atoms with van der Waals surface area (Å²) in [4.78, 5) is 3.97. The largest absolute Gasteiger partial charge is 0.436 e. The smallest absolute Gasteiger partial charge is 0.222 e. The second-order valence-corrected chi connectivity index (χ2v) is 5.10. The van der Waals surface area contributed by atoms with Gasteiger partial charge in [0.15, 0.2) is 5.76 Å². The first-order valence-electron chi connectivity index (χ1n) is 6.62. The number of aliphatic hydroxyl groups is 3. The first-order valence-corrected chi connectivity index (χ1v) is 6.62. The van der Waals surface area contributed by atoms with E-state index >= 15 is 0 Å². The SMILES string of the molecule is O[C@@H]1[C@H](O)C=C(c2ncc(-c3ccc(F)cc3F)o2)C[C@H]1O. The Morgan fingerprint density at radius 1 is 1.18 bits per heavy atom. The molecule has 5 nitrogen and oxygen atoms in total. The van der Waals surface area contributed by atoms with Gasteiger partial charge in [-0.25, -0.2) is 13.8 Å². The van der Waals surface area contributed by atoms with Gasteiger partial charge in [0, 0.05) is 18.1 Å². The molecule has 1 aromatic heterocycles. The van der Waals surface area contributed by atoms with E-state index in [4.69, 9.17) is 4.42 Å². The molecule has 3 atom stereocenters. The predicted octanol–water partition coefficient (Wildman–Crippen LogP) is 1.49. The Labute approximate surface area is 124 Å². The summed E-state index contributed by atoms with van der Waals surface area (Å²) in [6, 6.07) is 3.07. The van der Waals surface area contributed by atoms with Crippen LogP contribution in [-0.2, 0) is 0 Å².